The van der Waals surface area contributed by atoms with Gasteiger partial charge in [0.25, 0.3) is 5.91 Å². The second-order valence-electron chi connectivity index (χ2n) is 5.30. The van der Waals surface area contributed by atoms with Gasteiger partial charge in [-0.3, -0.25) is 4.79 Å². The molecule has 1 aromatic carbocycles. The Bertz CT molecular complexity index is 493. The summed E-state index contributed by atoms with van der Waals surface area (Å²) >= 11 is 0. The largest absolute Gasteiger partial charge is 0.329 e. The molecule has 1 unspecified atom stereocenters. The standard InChI is InChI=1S/C14H16N2O/c17-14-13-10(9-4-5-9)2-1-3-11(13)12-8-15-6-7-16(12)14/h1-3,9,12,15H,4-8H2. The highest BCUT2D eigenvalue weighted by molar-refractivity contribution is 6.01. The summed E-state index contributed by atoms with van der Waals surface area (Å²) in [5, 5.41) is 3.39. The number of hydrogen-bond donors (Lipinski definition) is 1. The van der Waals surface area contributed by atoms with Gasteiger partial charge in [-0.1, -0.05) is 18.2 Å². The summed E-state index contributed by atoms with van der Waals surface area (Å²) in [5.74, 6) is 0.928. The second kappa shape index (κ2) is 3.33. The molecule has 0 radical (unpaired) electrons. The normalized spacial score (nSPS) is 26.9. The highest BCUT2D eigenvalue weighted by atomic mass is 16.2. The summed E-state index contributed by atoms with van der Waals surface area (Å²) in [6.45, 7) is 2.68. The van der Waals surface area contributed by atoms with Gasteiger partial charge < -0.3 is 10.2 Å². The van der Waals surface area contributed by atoms with Crippen LogP contribution in [0.1, 0.15) is 46.3 Å². The average Bonchev–Trinajstić information content (AvgIpc) is 3.18. The van der Waals surface area contributed by atoms with Gasteiger partial charge >= 0.3 is 0 Å². The zero-order valence-electron chi connectivity index (χ0n) is 9.78. The van der Waals surface area contributed by atoms with E-state index in [9.17, 15) is 4.79 Å². The van der Waals surface area contributed by atoms with Gasteiger partial charge in [-0.2, -0.15) is 0 Å². The Morgan fingerprint density at radius 3 is 2.88 bits per heavy atom. The Hall–Kier alpha value is -1.35. The smallest absolute Gasteiger partial charge is 0.255 e. The van der Waals surface area contributed by atoms with E-state index in [4.69, 9.17) is 0 Å². The highest BCUT2D eigenvalue weighted by Crippen LogP contribution is 2.46. The number of carbonyl (C=O) groups is 1. The maximum absolute atomic E-state index is 12.5. The van der Waals surface area contributed by atoms with E-state index >= 15 is 0 Å². The molecule has 2 fully saturated rings. The van der Waals surface area contributed by atoms with E-state index < -0.39 is 0 Å². The number of carbonyl (C=O) groups excluding carboxylic acids is 1. The van der Waals surface area contributed by atoms with Crippen molar-refractivity contribution in [2.24, 2.45) is 0 Å². The molecule has 1 saturated carbocycles. The number of nitrogens with zero attached hydrogens (tertiary/aromatic N) is 1. The van der Waals surface area contributed by atoms with Gasteiger partial charge in [0.1, 0.15) is 0 Å². The first-order valence-corrected chi connectivity index (χ1v) is 6.51. The number of benzene rings is 1. The van der Waals surface area contributed by atoms with Crippen molar-refractivity contribution in [1.29, 1.82) is 0 Å². The lowest BCUT2D eigenvalue weighted by Crippen LogP contribution is -2.44. The fraction of sp³-hybridized carbons (Fsp3) is 0.500. The van der Waals surface area contributed by atoms with E-state index in [1.165, 1.54) is 24.0 Å². The lowest BCUT2D eigenvalue weighted by atomic mass is 9.96. The molecule has 1 N–H and O–H groups in total. The number of fused-ring (bicyclic) bond motifs is 3. The summed E-state index contributed by atoms with van der Waals surface area (Å²) < 4.78 is 0. The Morgan fingerprint density at radius 2 is 2.06 bits per heavy atom. The predicted molar refractivity (Wildman–Crippen MR) is 65.1 cm³/mol. The number of rotatable bonds is 1. The van der Waals surface area contributed by atoms with E-state index in [1.54, 1.807) is 0 Å². The Labute approximate surface area is 101 Å². The summed E-state index contributed by atoms with van der Waals surface area (Å²) in [4.78, 5) is 14.5. The minimum atomic E-state index is 0.272. The second-order valence-corrected chi connectivity index (χ2v) is 5.30. The first kappa shape index (κ1) is 9.66. The van der Waals surface area contributed by atoms with Crippen LogP contribution in [-0.4, -0.2) is 30.4 Å². The van der Waals surface area contributed by atoms with Crippen LogP contribution in [0.2, 0.25) is 0 Å². The van der Waals surface area contributed by atoms with Crippen molar-refractivity contribution in [2.75, 3.05) is 19.6 Å². The molecule has 4 rings (SSSR count). The van der Waals surface area contributed by atoms with Gasteiger partial charge in [-0.15, -0.1) is 0 Å². The number of nitrogens with one attached hydrogen (secondary N) is 1. The highest BCUT2D eigenvalue weighted by Gasteiger charge is 2.41. The first-order chi connectivity index (χ1) is 8.36. The van der Waals surface area contributed by atoms with Crippen molar-refractivity contribution < 1.29 is 4.79 Å². The molecule has 0 bridgehead atoms. The fourth-order valence-electron chi connectivity index (χ4n) is 3.22. The monoisotopic (exact) mass is 228 g/mol. The summed E-state index contributed by atoms with van der Waals surface area (Å²) in [7, 11) is 0. The van der Waals surface area contributed by atoms with Crippen molar-refractivity contribution >= 4 is 5.91 Å². The Balaban J connectivity index is 1.87. The van der Waals surface area contributed by atoms with Gasteiger partial charge in [0.2, 0.25) is 0 Å². The lowest BCUT2D eigenvalue weighted by Gasteiger charge is -2.30. The van der Waals surface area contributed by atoms with Crippen LogP contribution in [0.5, 0.6) is 0 Å². The average molecular weight is 228 g/mol. The fourth-order valence-corrected chi connectivity index (χ4v) is 3.22. The van der Waals surface area contributed by atoms with E-state index in [0.29, 0.717) is 5.92 Å². The van der Waals surface area contributed by atoms with Crippen molar-refractivity contribution in [3.05, 3.63) is 34.9 Å². The SMILES string of the molecule is O=C1c2c(C3CC3)cccc2C2CNCCN12. The Morgan fingerprint density at radius 1 is 1.24 bits per heavy atom. The third kappa shape index (κ3) is 1.29. The van der Waals surface area contributed by atoms with Crippen LogP contribution in [0.25, 0.3) is 0 Å². The maximum Gasteiger partial charge on any atom is 0.255 e. The predicted octanol–water partition coefficient (Wildman–Crippen LogP) is 1.66. The third-order valence-electron chi connectivity index (χ3n) is 4.22. The van der Waals surface area contributed by atoms with Crippen LogP contribution in [0.3, 0.4) is 0 Å². The summed E-state index contributed by atoms with van der Waals surface area (Å²) in [6, 6.07) is 6.69. The number of amides is 1. The zero-order valence-corrected chi connectivity index (χ0v) is 9.78. The molecule has 3 heteroatoms. The van der Waals surface area contributed by atoms with Gasteiger partial charge in [0.05, 0.1) is 6.04 Å². The third-order valence-corrected chi connectivity index (χ3v) is 4.22. The van der Waals surface area contributed by atoms with E-state index in [0.717, 1.165) is 25.2 Å². The molecule has 0 aromatic heterocycles. The molecule has 17 heavy (non-hydrogen) atoms. The van der Waals surface area contributed by atoms with E-state index in [1.807, 2.05) is 4.90 Å². The van der Waals surface area contributed by atoms with Gasteiger partial charge in [0, 0.05) is 25.2 Å². The molecule has 3 aliphatic rings. The molecular formula is C14H16N2O. The van der Waals surface area contributed by atoms with Crippen LogP contribution in [-0.2, 0) is 0 Å². The van der Waals surface area contributed by atoms with Crippen LogP contribution < -0.4 is 5.32 Å². The topological polar surface area (TPSA) is 32.3 Å². The molecule has 0 spiro atoms. The van der Waals surface area contributed by atoms with Crippen LogP contribution >= 0.6 is 0 Å². The van der Waals surface area contributed by atoms with Crippen LogP contribution in [0.15, 0.2) is 18.2 Å². The molecule has 88 valence electrons. The molecule has 1 saturated heterocycles. The first-order valence-electron chi connectivity index (χ1n) is 6.51. The molecular weight excluding hydrogens is 212 g/mol. The van der Waals surface area contributed by atoms with Gasteiger partial charge in [-0.25, -0.2) is 0 Å². The zero-order chi connectivity index (χ0) is 11.4. The van der Waals surface area contributed by atoms with Gasteiger partial charge in [0.15, 0.2) is 0 Å². The quantitative estimate of drug-likeness (QED) is 0.793. The minimum absolute atomic E-state index is 0.272. The Kier molecular flexibility index (Phi) is 1.89. The van der Waals surface area contributed by atoms with Crippen molar-refractivity contribution in [1.82, 2.24) is 10.2 Å². The van der Waals surface area contributed by atoms with Gasteiger partial charge in [-0.05, 0) is 29.9 Å². The molecule has 2 aliphatic heterocycles. The van der Waals surface area contributed by atoms with Crippen LogP contribution in [0, 0.1) is 0 Å². The minimum Gasteiger partial charge on any atom is -0.329 e. The van der Waals surface area contributed by atoms with Crippen LogP contribution in [0.4, 0.5) is 0 Å². The molecule has 1 aromatic rings. The number of piperazine rings is 1. The lowest BCUT2D eigenvalue weighted by molar-refractivity contribution is 0.0690. The molecule has 1 atom stereocenters. The molecule has 3 nitrogen and oxygen atoms in total. The van der Waals surface area contributed by atoms with Crippen molar-refractivity contribution in [2.45, 2.75) is 24.8 Å². The van der Waals surface area contributed by atoms with E-state index in [-0.39, 0.29) is 11.9 Å². The summed E-state index contributed by atoms with van der Waals surface area (Å²) in [5.41, 5.74) is 3.59. The molecule has 1 amide bonds. The number of hydrogen-bond acceptors (Lipinski definition) is 2. The van der Waals surface area contributed by atoms with Crippen molar-refractivity contribution in [3.8, 4) is 0 Å². The van der Waals surface area contributed by atoms with Crippen molar-refractivity contribution in [3.63, 3.8) is 0 Å². The molecule has 1 aliphatic carbocycles. The maximum atomic E-state index is 12.5. The molecule has 2 heterocycles. The van der Waals surface area contributed by atoms with E-state index in [2.05, 4.69) is 23.5 Å². The summed E-state index contributed by atoms with van der Waals surface area (Å²) in [6.07, 6.45) is 2.51.